The molecule has 2 aromatic carbocycles. The molecular weight excluding hydrogens is 418 g/mol. The minimum Gasteiger partial charge on any atom is -0.462 e. The maximum atomic E-state index is 12.6. The van der Waals surface area contributed by atoms with Crippen molar-refractivity contribution < 1.29 is 14.3 Å². The Hall–Kier alpha value is -2.63. The zero-order valence-electron chi connectivity index (χ0n) is 17.0. The van der Waals surface area contributed by atoms with Crippen molar-refractivity contribution in [2.75, 3.05) is 11.9 Å². The summed E-state index contributed by atoms with van der Waals surface area (Å²) in [5.74, 6) is -0.559. The molecule has 0 aliphatic heterocycles. The monoisotopic (exact) mass is 441 g/mol. The number of halogens is 1. The van der Waals surface area contributed by atoms with Crippen molar-refractivity contribution in [2.24, 2.45) is 0 Å². The summed E-state index contributed by atoms with van der Waals surface area (Å²) in [5.41, 5.74) is 4.39. The molecule has 0 aliphatic rings. The third-order valence-electron chi connectivity index (χ3n) is 4.67. The number of amides is 1. The molecule has 0 spiro atoms. The van der Waals surface area contributed by atoms with E-state index in [1.165, 1.54) is 22.5 Å². The summed E-state index contributed by atoms with van der Waals surface area (Å²) in [7, 11) is 0. The first-order chi connectivity index (χ1) is 14.5. The number of rotatable bonds is 8. The summed E-state index contributed by atoms with van der Waals surface area (Å²) < 4.78 is 5.23. The molecule has 1 amide bonds. The molecule has 30 heavy (non-hydrogen) atoms. The van der Waals surface area contributed by atoms with Crippen LogP contribution in [-0.4, -0.2) is 18.5 Å². The van der Waals surface area contributed by atoms with Crippen LogP contribution in [0.15, 0.2) is 53.9 Å². The highest BCUT2D eigenvalue weighted by molar-refractivity contribution is 7.15. The van der Waals surface area contributed by atoms with Crippen LogP contribution in [0.3, 0.4) is 0 Å². The van der Waals surface area contributed by atoms with Crippen LogP contribution in [0.4, 0.5) is 5.00 Å². The van der Waals surface area contributed by atoms with Crippen molar-refractivity contribution in [3.63, 3.8) is 0 Å². The highest BCUT2D eigenvalue weighted by Gasteiger charge is 2.22. The van der Waals surface area contributed by atoms with E-state index in [1.54, 1.807) is 19.1 Å². The molecule has 0 unspecified atom stereocenters. The number of thiophene rings is 1. The molecule has 0 aliphatic carbocycles. The topological polar surface area (TPSA) is 55.4 Å². The zero-order chi connectivity index (χ0) is 21.5. The lowest BCUT2D eigenvalue weighted by atomic mass is 10.0. The van der Waals surface area contributed by atoms with Crippen molar-refractivity contribution in [1.82, 2.24) is 0 Å². The van der Waals surface area contributed by atoms with E-state index < -0.39 is 5.97 Å². The van der Waals surface area contributed by atoms with Crippen LogP contribution in [0.1, 0.15) is 41.3 Å². The van der Waals surface area contributed by atoms with Gasteiger partial charge in [-0.25, -0.2) is 4.79 Å². The van der Waals surface area contributed by atoms with Gasteiger partial charge in [-0.3, -0.25) is 4.79 Å². The van der Waals surface area contributed by atoms with Gasteiger partial charge >= 0.3 is 5.97 Å². The Kier molecular flexibility index (Phi) is 7.66. The average molecular weight is 442 g/mol. The molecule has 0 saturated carbocycles. The third kappa shape index (κ3) is 5.71. The van der Waals surface area contributed by atoms with Crippen LogP contribution in [0.2, 0.25) is 5.02 Å². The Labute approximate surface area is 185 Å². The fourth-order valence-electron chi connectivity index (χ4n) is 3.09. The number of ether oxygens (including phenoxy) is 1. The molecule has 1 aromatic heterocycles. The van der Waals surface area contributed by atoms with Gasteiger partial charge in [0, 0.05) is 22.4 Å². The van der Waals surface area contributed by atoms with Crippen LogP contribution in [-0.2, 0) is 16.0 Å². The van der Waals surface area contributed by atoms with Crippen LogP contribution >= 0.6 is 22.9 Å². The van der Waals surface area contributed by atoms with E-state index in [9.17, 15) is 9.59 Å². The number of hydrogen-bond acceptors (Lipinski definition) is 4. The fraction of sp³-hybridized carbons (Fsp3) is 0.250. The predicted octanol–water partition coefficient (Wildman–Crippen LogP) is 6.52. The molecule has 3 aromatic rings. The second-order valence-corrected chi connectivity index (χ2v) is 8.28. The Bertz CT molecular complexity index is 1010. The minimum absolute atomic E-state index is 0.114. The standard InChI is InChI=1S/C24H24ClNO3S/c1-3-29-24(28)22-20(18-11-13-19(25)14-12-18)15-30-23(22)26-21(27)6-4-5-17-9-7-16(2)8-10-17/h7-15H,3-6H2,1-2H3,(H,26,27). The van der Waals surface area contributed by atoms with E-state index in [0.717, 1.165) is 24.0 Å². The highest BCUT2D eigenvalue weighted by atomic mass is 35.5. The first-order valence-electron chi connectivity index (χ1n) is 9.88. The number of benzene rings is 2. The molecule has 4 nitrogen and oxygen atoms in total. The Balaban J connectivity index is 1.71. The molecular formula is C24H24ClNO3S. The van der Waals surface area contributed by atoms with Crippen molar-refractivity contribution in [1.29, 1.82) is 0 Å². The summed E-state index contributed by atoms with van der Waals surface area (Å²) in [6.07, 6.45) is 1.95. The van der Waals surface area contributed by atoms with Crippen molar-refractivity contribution in [3.05, 3.63) is 75.6 Å². The van der Waals surface area contributed by atoms with Gasteiger partial charge in [-0.05, 0) is 49.9 Å². The number of aryl methyl sites for hydroxylation is 2. The third-order valence-corrected chi connectivity index (χ3v) is 5.82. The number of esters is 1. The number of nitrogens with one attached hydrogen (secondary N) is 1. The zero-order valence-corrected chi connectivity index (χ0v) is 18.6. The quantitative estimate of drug-likeness (QED) is 0.405. The van der Waals surface area contributed by atoms with E-state index in [0.29, 0.717) is 22.0 Å². The summed E-state index contributed by atoms with van der Waals surface area (Å²) in [6, 6.07) is 15.6. The smallest absolute Gasteiger partial charge is 0.341 e. The van der Waals surface area contributed by atoms with Gasteiger partial charge in [-0.15, -0.1) is 11.3 Å². The van der Waals surface area contributed by atoms with Gasteiger partial charge in [0.2, 0.25) is 5.91 Å². The van der Waals surface area contributed by atoms with E-state index in [1.807, 2.05) is 17.5 Å². The predicted molar refractivity (Wildman–Crippen MR) is 123 cm³/mol. The normalized spacial score (nSPS) is 10.6. The molecule has 0 bridgehead atoms. The second kappa shape index (κ2) is 10.4. The maximum absolute atomic E-state index is 12.6. The summed E-state index contributed by atoms with van der Waals surface area (Å²) in [5, 5.41) is 5.89. The van der Waals surface area contributed by atoms with E-state index in [-0.39, 0.29) is 12.5 Å². The van der Waals surface area contributed by atoms with Gasteiger partial charge in [0.15, 0.2) is 0 Å². The average Bonchev–Trinajstić information content (AvgIpc) is 3.13. The minimum atomic E-state index is -0.446. The van der Waals surface area contributed by atoms with Gasteiger partial charge in [0.25, 0.3) is 0 Å². The first-order valence-corrected chi connectivity index (χ1v) is 11.1. The molecule has 3 rings (SSSR count). The van der Waals surface area contributed by atoms with Crippen molar-refractivity contribution >= 4 is 39.8 Å². The van der Waals surface area contributed by atoms with Gasteiger partial charge in [0.1, 0.15) is 10.6 Å². The van der Waals surface area contributed by atoms with E-state index in [2.05, 4.69) is 36.5 Å². The molecule has 0 fully saturated rings. The highest BCUT2D eigenvalue weighted by Crippen LogP contribution is 2.36. The van der Waals surface area contributed by atoms with Gasteiger partial charge in [0.05, 0.1) is 6.61 Å². The molecule has 0 saturated heterocycles. The number of carbonyl (C=O) groups is 2. The number of hydrogen-bond donors (Lipinski definition) is 1. The van der Waals surface area contributed by atoms with Gasteiger partial charge in [-0.2, -0.15) is 0 Å². The Morgan fingerprint density at radius 1 is 1.07 bits per heavy atom. The molecule has 0 atom stereocenters. The lowest BCUT2D eigenvalue weighted by molar-refractivity contribution is -0.116. The molecule has 6 heteroatoms. The van der Waals surface area contributed by atoms with Crippen molar-refractivity contribution in [3.8, 4) is 11.1 Å². The molecule has 1 heterocycles. The molecule has 1 N–H and O–H groups in total. The fourth-order valence-corrected chi connectivity index (χ4v) is 4.19. The lowest BCUT2D eigenvalue weighted by Gasteiger charge is -2.09. The van der Waals surface area contributed by atoms with Gasteiger partial charge in [-0.1, -0.05) is 53.6 Å². The largest absolute Gasteiger partial charge is 0.462 e. The SMILES string of the molecule is CCOC(=O)c1c(-c2ccc(Cl)cc2)csc1NC(=O)CCCc1ccc(C)cc1. The maximum Gasteiger partial charge on any atom is 0.341 e. The van der Waals surface area contributed by atoms with Crippen LogP contribution in [0.25, 0.3) is 11.1 Å². The Morgan fingerprint density at radius 3 is 2.43 bits per heavy atom. The van der Waals surface area contributed by atoms with Gasteiger partial charge < -0.3 is 10.1 Å². The first kappa shape index (κ1) is 22.1. The summed E-state index contributed by atoms with van der Waals surface area (Å²) in [4.78, 5) is 25.1. The van der Waals surface area contributed by atoms with E-state index >= 15 is 0 Å². The molecule has 0 radical (unpaired) electrons. The van der Waals surface area contributed by atoms with Crippen molar-refractivity contribution in [2.45, 2.75) is 33.1 Å². The Morgan fingerprint density at radius 2 is 1.77 bits per heavy atom. The van der Waals surface area contributed by atoms with E-state index in [4.69, 9.17) is 16.3 Å². The summed E-state index contributed by atoms with van der Waals surface area (Å²) in [6.45, 7) is 4.08. The van der Waals surface area contributed by atoms with Crippen LogP contribution in [0.5, 0.6) is 0 Å². The number of carbonyl (C=O) groups excluding carboxylic acids is 2. The van der Waals surface area contributed by atoms with Crippen LogP contribution < -0.4 is 5.32 Å². The lowest BCUT2D eigenvalue weighted by Crippen LogP contribution is -2.14. The second-order valence-electron chi connectivity index (χ2n) is 6.97. The number of anilines is 1. The summed E-state index contributed by atoms with van der Waals surface area (Å²) >= 11 is 7.30. The molecule has 156 valence electrons. The van der Waals surface area contributed by atoms with Crippen LogP contribution in [0, 0.1) is 6.92 Å².